The molecule has 0 aromatic heterocycles. The van der Waals surface area contributed by atoms with Crippen LogP contribution in [0.4, 0.5) is 5.69 Å². The van der Waals surface area contributed by atoms with Gasteiger partial charge in [0.1, 0.15) is 5.75 Å². The smallest absolute Gasteiger partial charge is 0.290 e. The summed E-state index contributed by atoms with van der Waals surface area (Å²) < 4.78 is 6.32. The average Bonchev–Trinajstić information content (AvgIpc) is 2.58. The number of halogens is 1. The number of anilines is 1. The number of rotatable bonds is 2. The second kappa shape index (κ2) is 6.26. The predicted octanol–water partition coefficient (Wildman–Crippen LogP) is 2.80. The van der Waals surface area contributed by atoms with E-state index in [0.29, 0.717) is 6.54 Å². The molecule has 1 aromatic carbocycles. The maximum atomic E-state index is 12.3. The van der Waals surface area contributed by atoms with Crippen molar-refractivity contribution in [1.82, 2.24) is 0 Å². The number of hydrogen-bond acceptors (Lipinski definition) is 3. The molecule has 0 radical (unpaired) electrons. The molecule has 5 nitrogen and oxygen atoms in total. The quantitative estimate of drug-likeness (QED) is 0.838. The van der Waals surface area contributed by atoms with Gasteiger partial charge in [-0.25, -0.2) is 0 Å². The molecule has 0 aliphatic carbocycles. The SMILES string of the molecule is CCN1C(=O)C(C)(C)c2cc(Br)cc(OC)c21.O=CO. The molecular weight excluding hydrogens is 326 g/mol. The number of benzene rings is 1. The fraction of sp³-hybridized carbons (Fsp3) is 0.429. The van der Waals surface area contributed by atoms with Crippen molar-refractivity contribution in [3.05, 3.63) is 22.2 Å². The number of likely N-dealkylation sites (N-methyl/N-ethyl adjacent to an activating group) is 1. The molecule has 110 valence electrons. The topological polar surface area (TPSA) is 66.8 Å². The Kier molecular flexibility index (Phi) is 5.16. The summed E-state index contributed by atoms with van der Waals surface area (Å²) in [6, 6.07) is 3.90. The lowest BCUT2D eigenvalue weighted by Gasteiger charge is -2.19. The highest BCUT2D eigenvalue weighted by Crippen LogP contribution is 2.47. The van der Waals surface area contributed by atoms with Gasteiger partial charge in [-0.2, -0.15) is 0 Å². The summed E-state index contributed by atoms with van der Waals surface area (Å²) >= 11 is 3.46. The number of amides is 1. The van der Waals surface area contributed by atoms with Crippen molar-refractivity contribution in [3.63, 3.8) is 0 Å². The van der Waals surface area contributed by atoms with Crippen LogP contribution >= 0.6 is 15.9 Å². The van der Waals surface area contributed by atoms with E-state index in [2.05, 4.69) is 15.9 Å². The van der Waals surface area contributed by atoms with Crippen LogP contribution < -0.4 is 9.64 Å². The van der Waals surface area contributed by atoms with Gasteiger partial charge in [-0.1, -0.05) is 15.9 Å². The van der Waals surface area contributed by atoms with E-state index in [1.165, 1.54) is 0 Å². The van der Waals surface area contributed by atoms with Crippen molar-refractivity contribution in [2.45, 2.75) is 26.2 Å². The van der Waals surface area contributed by atoms with Crippen LogP contribution in [0.1, 0.15) is 26.3 Å². The van der Waals surface area contributed by atoms with Crippen molar-refractivity contribution in [2.75, 3.05) is 18.6 Å². The fourth-order valence-corrected chi connectivity index (χ4v) is 2.78. The first kappa shape index (κ1) is 16.5. The molecule has 1 aliphatic rings. The summed E-state index contributed by atoms with van der Waals surface area (Å²) in [5.74, 6) is 0.876. The van der Waals surface area contributed by atoms with E-state index in [-0.39, 0.29) is 12.4 Å². The first-order valence-electron chi connectivity index (χ1n) is 6.12. The maximum Gasteiger partial charge on any atom is 0.290 e. The molecule has 20 heavy (non-hydrogen) atoms. The van der Waals surface area contributed by atoms with Crippen LogP contribution in [0.2, 0.25) is 0 Å². The van der Waals surface area contributed by atoms with Gasteiger partial charge in [0.15, 0.2) is 0 Å². The first-order chi connectivity index (χ1) is 9.34. The number of carbonyl (C=O) groups excluding carboxylic acids is 1. The molecule has 2 rings (SSSR count). The maximum absolute atomic E-state index is 12.3. The van der Waals surface area contributed by atoms with Gasteiger partial charge in [0.05, 0.1) is 18.2 Å². The van der Waals surface area contributed by atoms with Gasteiger partial charge in [-0.15, -0.1) is 0 Å². The number of methoxy groups -OCH3 is 1. The van der Waals surface area contributed by atoms with Gasteiger partial charge in [0.25, 0.3) is 6.47 Å². The van der Waals surface area contributed by atoms with Gasteiger partial charge in [0, 0.05) is 11.0 Å². The van der Waals surface area contributed by atoms with E-state index in [9.17, 15) is 4.79 Å². The van der Waals surface area contributed by atoms with E-state index in [1.807, 2.05) is 32.9 Å². The van der Waals surface area contributed by atoms with Gasteiger partial charge >= 0.3 is 0 Å². The van der Waals surface area contributed by atoms with Gasteiger partial charge in [0.2, 0.25) is 5.91 Å². The zero-order chi connectivity index (χ0) is 15.5. The molecule has 1 aliphatic heterocycles. The standard InChI is InChI=1S/C13H16BrNO2.CH2O2/c1-5-15-11-9(13(2,3)12(15)16)6-8(14)7-10(11)17-4;2-1-3/h6-7H,5H2,1-4H3;1H,(H,2,3). The van der Waals surface area contributed by atoms with Crippen molar-refractivity contribution in [2.24, 2.45) is 0 Å². The molecule has 0 fully saturated rings. The lowest BCUT2D eigenvalue weighted by Crippen LogP contribution is -2.35. The molecule has 1 N–H and O–H groups in total. The van der Waals surface area contributed by atoms with E-state index >= 15 is 0 Å². The molecule has 1 heterocycles. The van der Waals surface area contributed by atoms with Crippen LogP contribution in [0.15, 0.2) is 16.6 Å². The normalized spacial score (nSPS) is 15.2. The Morgan fingerprint density at radius 1 is 1.45 bits per heavy atom. The molecule has 0 bridgehead atoms. The Hall–Kier alpha value is -1.56. The van der Waals surface area contributed by atoms with Crippen LogP contribution in [0.5, 0.6) is 5.75 Å². The summed E-state index contributed by atoms with van der Waals surface area (Å²) in [4.78, 5) is 22.5. The van der Waals surface area contributed by atoms with E-state index < -0.39 is 5.41 Å². The molecular formula is C14H18BrNO4. The number of carbonyl (C=O) groups is 2. The first-order valence-corrected chi connectivity index (χ1v) is 6.92. The Bertz CT molecular complexity index is 528. The third kappa shape index (κ3) is 2.65. The average molecular weight is 344 g/mol. The van der Waals surface area contributed by atoms with Gasteiger partial charge < -0.3 is 14.7 Å². The molecule has 0 saturated heterocycles. The predicted molar refractivity (Wildman–Crippen MR) is 80.4 cm³/mol. The highest BCUT2D eigenvalue weighted by atomic mass is 79.9. The molecule has 1 aromatic rings. The van der Waals surface area contributed by atoms with E-state index in [0.717, 1.165) is 21.5 Å². The highest BCUT2D eigenvalue weighted by Gasteiger charge is 2.45. The van der Waals surface area contributed by atoms with Gasteiger partial charge in [-0.05, 0) is 38.5 Å². The van der Waals surface area contributed by atoms with Crippen molar-refractivity contribution in [1.29, 1.82) is 0 Å². The number of fused-ring (bicyclic) bond motifs is 1. The molecule has 0 saturated carbocycles. The Morgan fingerprint density at radius 2 is 2.00 bits per heavy atom. The zero-order valence-electron chi connectivity index (χ0n) is 11.9. The molecule has 1 amide bonds. The minimum Gasteiger partial charge on any atom is -0.495 e. The summed E-state index contributed by atoms with van der Waals surface area (Å²) in [5.41, 5.74) is 1.45. The number of hydrogen-bond donors (Lipinski definition) is 1. The summed E-state index contributed by atoms with van der Waals surface area (Å²) in [6.07, 6.45) is 0. The largest absolute Gasteiger partial charge is 0.495 e. The molecule has 0 spiro atoms. The van der Waals surface area contributed by atoms with Crippen LogP contribution in [0.25, 0.3) is 0 Å². The lowest BCUT2D eigenvalue weighted by molar-refractivity contribution is -0.123. The Balaban J connectivity index is 0.000000612. The Morgan fingerprint density at radius 3 is 2.45 bits per heavy atom. The van der Waals surface area contributed by atoms with Crippen LogP contribution in [0, 0.1) is 0 Å². The minimum atomic E-state index is -0.484. The van der Waals surface area contributed by atoms with Crippen molar-refractivity contribution >= 4 is 34.0 Å². The van der Waals surface area contributed by atoms with Crippen molar-refractivity contribution in [3.8, 4) is 5.75 Å². The highest BCUT2D eigenvalue weighted by molar-refractivity contribution is 9.10. The third-order valence-electron chi connectivity index (χ3n) is 3.30. The molecule has 0 atom stereocenters. The summed E-state index contributed by atoms with van der Waals surface area (Å²) in [5, 5.41) is 6.89. The second-order valence-corrected chi connectivity index (χ2v) is 5.70. The monoisotopic (exact) mass is 343 g/mol. The van der Waals surface area contributed by atoms with Crippen molar-refractivity contribution < 1.29 is 19.4 Å². The summed E-state index contributed by atoms with van der Waals surface area (Å²) in [6.45, 7) is 6.29. The number of carboxylic acid groups (broad SMARTS) is 1. The number of nitrogens with zero attached hydrogens (tertiary/aromatic N) is 1. The summed E-state index contributed by atoms with van der Waals surface area (Å²) in [7, 11) is 1.63. The second-order valence-electron chi connectivity index (χ2n) is 4.78. The van der Waals surface area contributed by atoms with E-state index in [4.69, 9.17) is 14.6 Å². The molecule has 0 unspecified atom stereocenters. The minimum absolute atomic E-state index is 0.131. The van der Waals surface area contributed by atoms with Crippen LogP contribution in [0.3, 0.4) is 0 Å². The third-order valence-corrected chi connectivity index (χ3v) is 3.76. The lowest BCUT2D eigenvalue weighted by atomic mass is 9.86. The van der Waals surface area contributed by atoms with E-state index in [1.54, 1.807) is 12.0 Å². The van der Waals surface area contributed by atoms with Crippen LogP contribution in [-0.4, -0.2) is 31.1 Å². The number of ether oxygens (including phenoxy) is 1. The molecule has 6 heteroatoms. The Labute approximate surface area is 126 Å². The van der Waals surface area contributed by atoms with Gasteiger partial charge in [-0.3, -0.25) is 9.59 Å². The van der Waals surface area contributed by atoms with Crippen LogP contribution in [-0.2, 0) is 15.0 Å². The zero-order valence-corrected chi connectivity index (χ0v) is 13.5. The fourth-order valence-electron chi connectivity index (χ4n) is 2.34.